The Kier molecular flexibility index (Phi) is 3.82. The van der Waals surface area contributed by atoms with Gasteiger partial charge in [0.2, 0.25) is 11.8 Å². The summed E-state index contributed by atoms with van der Waals surface area (Å²) in [6, 6.07) is 18.4. The average Bonchev–Trinajstić information content (AvgIpc) is 2.51. The molecule has 21 heavy (non-hydrogen) atoms. The number of nitrogens with one attached hydrogen (secondary N) is 1. The van der Waals surface area contributed by atoms with Crippen LogP contribution in [-0.4, -0.2) is 11.8 Å². The fourth-order valence-electron chi connectivity index (χ4n) is 2.73. The quantitative estimate of drug-likeness (QED) is 0.878. The molecule has 1 fully saturated rings. The number of piperidine rings is 1. The second kappa shape index (κ2) is 5.92. The molecule has 1 unspecified atom stereocenters. The molecule has 0 radical (unpaired) electrons. The first-order valence-corrected chi connectivity index (χ1v) is 7.20. The van der Waals surface area contributed by atoms with E-state index in [1.807, 2.05) is 30.3 Å². The van der Waals surface area contributed by atoms with Crippen molar-refractivity contribution < 1.29 is 9.59 Å². The summed E-state index contributed by atoms with van der Waals surface area (Å²) in [7, 11) is 0. The van der Waals surface area contributed by atoms with Gasteiger partial charge >= 0.3 is 0 Å². The molecule has 0 spiro atoms. The molecule has 2 amide bonds. The van der Waals surface area contributed by atoms with Gasteiger partial charge in [0.1, 0.15) is 0 Å². The number of rotatable bonds is 3. The monoisotopic (exact) mass is 279 g/mol. The van der Waals surface area contributed by atoms with Crippen molar-refractivity contribution in [1.29, 1.82) is 0 Å². The van der Waals surface area contributed by atoms with E-state index in [4.69, 9.17) is 0 Å². The van der Waals surface area contributed by atoms with Crippen molar-refractivity contribution >= 4 is 11.8 Å². The van der Waals surface area contributed by atoms with E-state index in [1.54, 1.807) is 0 Å². The largest absolute Gasteiger partial charge is 0.296 e. The Morgan fingerprint density at radius 1 is 0.952 bits per heavy atom. The summed E-state index contributed by atoms with van der Waals surface area (Å²) in [5.74, 6) is -0.403. The second-order valence-electron chi connectivity index (χ2n) is 5.42. The fraction of sp³-hybridized carbons (Fsp3) is 0.222. The normalized spacial score (nSPS) is 18.4. The first-order chi connectivity index (χ1) is 10.2. The van der Waals surface area contributed by atoms with Crippen molar-refractivity contribution in [2.75, 3.05) is 0 Å². The number of hydrogen-bond acceptors (Lipinski definition) is 2. The summed E-state index contributed by atoms with van der Waals surface area (Å²) >= 11 is 0. The van der Waals surface area contributed by atoms with E-state index in [-0.39, 0.29) is 17.7 Å². The molecule has 3 nitrogen and oxygen atoms in total. The van der Waals surface area contributed by atoms with Gasteiger partial charge in [-0.1, -0.05) is 54.6 Å². The summed E-state index contributed by atoms with van der Waals surface area (Å²) in [6.07, 6.45) is 1.76. The van der Waals surface area contributed by atoms with Gasteiger partial charge in [-0.15, -0.1) is 0 Å². The third kappa shape index (κ3) is 3.19. The SMILES string of the molecule is O=C1CCC(Cc2cccc(-c3ccccc3)c2)C(=O)N1. The Hall–Kier alpha value is -2.42. The predicted molar refractivity (Wildman–Crippen MR) is 81.5 cm³/mol. The molecular formula is C18H17NO2. The van der Waals surface area contributed by atoms with E-state index in [9.17, 15) is 9.59 Å². The Morgan fingerprint density at radius 3 is 2.48 bits per heavy atom. The number of benzene rings is 2. The van der Waals surface area contributed by atoms with Crippen LogP contribution in [-0.2, 0) is 16.0 Å². The summed E-state index contributed by atoms with van der Waals surface area (Å²) in [5.41, 5.74) is 3.45. The average molecular weight is 279 g/mol. The third-order valence-corrected chi connectivity index (χ3v) is 3.87. The van der Waals surface area contributed by atoms with E-state index in [2.05, 4.69) is 29.6 Å². The zero-order valence-corrected chi connectivity index (χ0v) is 11.7. The van der Waals surface area contributed by atoms with Gasteiger partial charge in [0.25, 0.3) is 0 Å². The van der Waals surface area contributed by atoms with Gasteiger partial charge < -0.3 is 0 Å². The van der Waals surface area contributed by atoms with E-state index < -0.39 is 0 Å². The molecule has 0 aliphatic carbocycles. The van der Waals surface area contributed by atoms with Gasteiger partial charge in [0, 0.05) is 12.3 Å². The summed E-state index contributed by atoms with van der Waals surface area (Å²) in [4.78, 5) is 23.0. The molecule has 1 saturated heterocycles. The molecule has 3 rings (SSSR count). The van der Waals surface area contributed by atoms with Crippen molar-refractivity contribution in [3.63, 3.8) is 0 Å². The lowest BCUT2D eigenvalue weighted by molar-refractivity contribution is -0.136. The smallest absolute Gasteiger partial charge is 0.230 e. The summed E-state index contributed by atoms with van der Waals surface area (Å²) < 4.78 is 0. The highest BCUT2D eigenvalue weighted by molar-refractivity contribution is 5.98. The van der Waals surface area contributed by atoms with Crippen LogP contribution in [0.2, 0.25) is 0 Å². The summed E-state index contributed by atoms with van der Waals surface area (Å²) in [6.45, 7) is 0. The number of imide groups is 1. The molecule has 1 aliphatic heterocycles. The van der Waals surface area contributed by atoms with Crippen molar-refractivity contribution in [1.82, 2.24) is 5.32 Å². The first-order valence-electron chi connectivity index (χ1n) is 7.20. The van der Waals surface area contributed by atoms with Gasteiger partial charge in [0.05, 0.1) is 0 Å². The van der Waals surface area contributed by atoms with Crippen molar-refractivity contribution in [3.05, 3.63) is 60.2 Å². The molecule has 0 bridgehead atoms. The predicted octanol–water partition coefficient (Wildman–Crippen LogP) is 2.95. The van der Waals surface area contributed by atoms with Crippen LogP contribution in [0.5, 0.6) is 0 Å². The highest BCUT2D eigenvalue weighted by Crippen LogP contribution is 2.23. The lowest BCUT2D eigenvalue weighted by Crippen LogP contribution is -2.41. The molecule has 2 aromatic rings. The Morgan fingerprint density at radius 2 is 1.71 bits per heavy atom. The maximum absolute atomic E-state index is 11.8. The van der Waals surface area contributed by atoms with Crippen LogP contribution in [0, 0.1) is 5.92 Å². The van der Waals surface area contributed by atoms with Gasteiger partial charge in [-0.05, 0) is 29.5 Å². The summed E-state index contributed by atoms with van der Waals surface area (Å²) in [5, 5.41) is 2.42. The minimum Gasteiger partial charge on any atom is -0.296 e. The number of amides is 2. The molecule has 0 aromatic heterocycles. The van der Waals surface area contributed by atoms with Crippen LogP contribution in [0.4, 0.5) is 0 Å². The minimum absolute atomic E-state index is 0.103. The minimum atomic E-state index is -0.158. The van der Waals surface area contributed by atoms with E-state index in [0.29, 0.717) is 19.3 Å². The highest BCUT2D eigenvalue weighted by Gasteiger charge is 2.26. The van der Waals surface area contributed by atoms with Crippen LogP contribution in [0.3, 0.4) is 0 Å². The van der Waals surface area contributed by atoms with Gasteiger partial charge in [-0.3, -0.25) is 14.9 Å². The lowest BCUT2D eigenvalue weighted by Gasteiger charge is -2.20. The first kappa shape index (κ1) is 13.6. The lowest BCUT2D eigenvalue weighted by atomic mass is 9.90. The standard InChI is InChI=1S/C18H17NO2/c20-17-10-9-16(18(21)19-17)12-13-5-4-8-15(11-13)14-6-2-1-3-7-14/h1-8,11,16H,9-10,12H2,(H,19,20,21). The molecule has 1 heterocycles. The molecule has 1 atom stereocenters. The Balaban J connectivity index is 1.78. The zero-order valence-electron chi connectivity index (χ0n) is 11.7. The molecule has 106 valence electrons. The van der Waals surface area contributed by atoms with E-state index >= 15 is 0 Å². The van der Waals surface area contributed by atoms with Gasteiger partial charge in [-0.2, -0.15) is 0 Å². The highest BCUT2D eigenvalue weighted by atomic mass is 16.2. The molecule has 3 heteroatoms. The van der Waals surface area contributed by atoms with Crippen LogP contribution in [0.25, 0.3) is 11.1 Å². The Labute approximate surface area is 124 Å². The second-order valence-corrected chi connectivity index (χ2v) is 5.42. The van der Waals surface area contributed by atoms with E-state index in [0.717, 1.165) is 11.1 Å². The number of carbonyl (C=O) groups excluding carboxylic acids is 2. The number of hydrogen-bond donors (Lipinski definition) is 1. The van der Waals surface area contributed by atoms with Gasteiger partial charge in [0.15, 0.2) is 0 Å². The van der Waals surface area contributed by atoms with Crippen molar-refractivity contribution in [3.8, 4) is 11.1 Å². The molecule has 1 N–H and O–H groups in total. The molecule has 1 aliphatic rings. The van der Waals surface area contributed by atoms with Crippen LogP contribution < -0.4 is 5.32 Å². The topological polar surface area (TPSA) is 46.2 Å². The molecule has 2 aromatic carbocycles. The third-order valence-electron chi connectivity index (χ3n) is 3.87. The molecular weight excluding hydrogens is 262 g/mol. The molecule has 0 saturated carbocycles. The van der Waals surface area contributed by atoms with E-state index in [1.165, 1.54) is 5.56 Å². The Bertz CT molecular complexity index is 664. The maximum atomic E-state index is 11.8. The maximum Gasteiger partial charge on any atom is 0.230 e. The van der Waals surface area contributed by atoms with Crippen LogP contribution >= 0.6 is 0 Å². The van der Waals surface area contributed by atoms with Crippen LogP contribution in [0.15, 0.2) is 54.6 Å². The fourth-order valence-corrected chi connectivity index (χ4v) is 2.73. The van der Waals surface area contributed by atoms with Crippen LogP contribution in [0.1, 0.15) is 18.4 Å². The van der Waals surface area contributed by atoms with Gasteiger partial charge in [-0.25, -0.2) is 0 Å². The van der Waals surface area contributed by atoms with Crippen molar-refractivity contribution in [2.24, 2.45) is 5.92 Å². The number of carbonyl (C=O) groups is 2. The zero-order chi connectivity index (χ0) is 14.7. The van der Waals surface area contributed by atoms with Crippen molar-refractivity contribution in [2.45, 2.75) is 19.3 Å².